The van der Waals surface area contributed by atoms with Gasteiger partial charge in [0.1, 0.15) is 11.7 Å². The third kappa shape index (κ3) is 6.67. The molecule has 26 heavy (non-hydrogen) atoms. The number of carbonyl (C=O) groups is 2. The van der Waals surface area contributed by atoms with Crippen molar-refractivity contribution in [2.75, 3.05) is 13.1 Å². The number of piperidine rings is 1. The molecule has 1 aliphatic rings. The van der Waals surface area contributed by atoms with Crippen LogP contribution in [0.3, 0.4) is 0 Å². The molecule has 1 heterocycles. The first kappa shape index (κ1) is 20.2. The standard InChI is InChI=1S/C20H30N2O4/c1-15(25-14-16-8-6-5-7-9-16)18(23)21-17-10-12-22(13-11-17)19(24)26-20(2,3)4/h5-9,15,17H,10-14H2,1-4H3,(H,21,23). The van der Waals surface area contributed by atoms with Gasteiger partial charge in [-0.15, -0.1) is 0 Å². The Balaban J connectivity index is 1.71. The van der Waals surface area contributed by atoms with Gasteiger partial charge < -0.3 is 19.7 Å². The molecule has 1 aromatic carbocycles. The summed E-state index contributed by atoms with van der Waals surface area (Å²) >= 11 is 0. The van der Waals surface area contributed by atoms with E-state index in [9.17, 15) is 9.59 Å². The average molecular weight is 362 g/mol. The van der Waals surface area contributed by atoms with Crippen LogP contribution < -0.4 is 5.32 Å². The molecular weight excluding hydrogens is 332 g/mol. The van der Waals surface area contributed by atoms with Crippen molar-refractivity contribution in [2.24, 2.45) is 0 Å². The average Bonchev–Trinajstić information content (AvgIpc) is 2.59. The number of hydrogen-bond donors (Lipinski definition) is 1. The molecule has 1 aromatic rings. The van der Waals surface area contributed by atoms with Gasteiger partial charge in [0, 0.05) is 19.1 Å². The van der Waals surface area contributed by atoms with Gasteiger partial charge in [-0.2, -0.15) is 0 Å². The fourth-order valence-electron chi connectivity index (χ4n) is 2.72. The molecule has 1 N–H and O–H groups in total. The largest absolute Gasteiger partial charge is 0.444 e. The molecule has 1 atom stereocenters. The lowest BCUT2D eigenvalue weighted by Crippen LogP contribution is -2.49. The molecule has 0 bridgehead atoms. The molecule has 0 aliphatic carbocycles. The second-order valence-electron chi connectivity index (χ2n) is 7.69. The lowest BCUT2D eigenvalue weighted by Gasteiger charge is -2.34. The van der Waals surface area contributed by atoms with Crippen molar-refractivity contribution in [3.63, 3.8) is 0 Å². The molecular formula is C20H30N2O4. The summed E-state index contributed by atoms with van der Waals surface area (Å²) < 4.78 is 11.0. The molecule has 144 valence electrons. The maximum atomic E-state index is 12.3. The third-order valence-electron chi connectivity index (χ3n) is 4.21. The molecule has 6 nitrogen and oxygen atoms in total. The molecule has 0 radical (unpaired) electrons. The molecule has 6 heteroatoms. The smallest absolute Gasteiger partial charge is 0.410 e. The molecule has 0 aromatic heterocycles. The number of carbonyl (C=O) groups excluding carboxylic acids is 2. The highest BCUT2D eigenvalue weighted by atomic mass is 16.6. The molecule has 1 fully saturated rings. The predicted molar refractivity (Wildman–Crippen MR) is 99.7 cm³/mol. The van der Waals surface area contributed by atoms with E-state index in [0.29, 0.717) is 19.7 Å². The summed E-state index contributed by atoms with van der Waals surface area (Å²) in [4.78, 5) is 26.1. The van der Waals surface area contributed by atoms with Gasteiger partial charge >= 0.3 is 6.09 Å². The second-order valence-corrected chi connectivity index (χ2v) is 7.69. The van der Waals surface area contributed by atoms with E-state index in [-0.39, 0.29) is 18.0 Å². The van der Waals surface area contributed by atoms with Gasteiger partial charge in [0.2, 0.25) is 5.91 Å². The lowest BCUT2D eigenvalue weighted by molar-refractivity contribution is -0.133. The summed E-state index contributed by atoms with van der Waals surface area (Å²) in [7, 11) is 0. The zero-order chi connectivity index (χ0) is 19.2. The number of amides is 2. The SMILES string of the molecule is CC(OCc1ccccc1)C(=O)NC1CCN(C(=O)OC(C)(C)C)CC1. The number of hydrogen-bond acceptors (Lipinski definition) is 4. The fourth-order valence-corrected chi connectivity index (χ4v) is 2.72. The Bertz CT molecular complexity index is 590. The van der Waals surface area contributed by atoms with Crippen molar-refractivity contribution in [3.05, 3.63) is 35.9 Å². The van der Waals surface area contributed by atoms with Crippen molar-refractivity contribution in [1.82, 2.24) is 10.2 Å². The van der Waals surface area contributed by atoms with Gasteiger partial charge in [-0.1, -0.05) is 30.3 Å². The minimum Gasteiger partial charge on any atom is -0.444 e. The Morgan fingerprint density at radius 1 is 1.19 bits per heavy atom. The Morgan fingerprint density at radius 3 is 2.38 bits per heavy atom. The van der Waals surface area contributed by atoms with Gasteiger partial charge in [-0.25, -0.2) is 4.79 Å². The van der Waals surface area contributed by atoms with Gasteiger partial charge in [0.25, 0.3) is 0 Å². The van der Waals surface area contributed by atoms with Gasteiger partial charge in [-0.05, 0) is 46.1 Å². The quantitative estimate of drug-likeness (QED) is 0.874. The van der Waals surface area contributed by atoms with Crippen molar-refractivity contribution < 1.29 is 19.1 Å². The summed E-state index contributed by atoms with van der Waals surface area (Å²) in [5, 5.41) is 3.02. The number of likely N-dealkylation sites (tertiary alicyclic amines) is 1. The van der Waals surface area contributed by atoms with Crippen molar-refractivity contribution >= 4 is 12.0 Å². The first-order chi connectivity index (χ1) is 12.2. The monoisotopic (exact) mass is 362 g/mol. The summed E-state index contributed by atoms with van der Waals surface area (Å²) in [6.45, 7) is 8.90. The highest BCUT2D eigenvalue weighted by Crippen LogP contribution is 2.15. The van der Waals surface area contributed by atoms with E-state index >= 15 is 0 Å². The van der Waals surface area contributed by atoms with E-state index in [0.717, 1.165) is 18.4 Å². The minimum atomic E-state index is -0.515. The summed E-state index contributed by atoms with van der Waals surface area (Å²) in [5.74, 6) is -0.114. The van der Waals surface area contributed by atoms with Gasteiger partial charge in [0.15, 0.2) is 0 Å². The zero-order valence-electron chi connectivity index (χ0n) is 16.2. The van der Waals surface area contributed by atoms with Gasteiger partial charge in [0.05, 0.1) is 6.61 Å². The third-order valence-corrected chi connectivity index (χ3v) is 4.21. The van der Waals surface area contributed by atoms with Crippen LogP contribution in [0, 0.1) is 0 Å². The zero-order valence-corrected chi connectivity index (χ0v) is 16.2. The van der Waals surface area contributed by atoms with Crippen LogP contribution in [0.2, 0.25) is 0 Å². The molecule has 2 amide bonds. The molecule has 2 rings (SSSR count). The van der Waals surface area contributed by atoms with Crippen LogP contribution in [-0.2, 0) is 20.9 Å². The van der Waals surface area contributed by atoms with E-state index in [2.05, 4.69) is 5.32 Å². The van der Waals surface area contributed by atoms with E-state index in [1.807, 2.05) is 51.1 Å². The second kappa shape index (κ2) is 9.03. The number of ether oxygens (including phenoxy) is 2. The summed E-state index contributed by atoms with van der Waals surface area (Å²) in [6, 6.07) is 9.84. The number of nitrogens with one attached hydrogen (secondary N) is 1. The van der Waals surface area contributed by atoms with Crippen LogP contribution in [-0.4, -0.2) is 47.7 Å². The van der Waals surface area contributed by atoms with Crippen molar-refractivity contribution in [2.45, 2.75) is 64.9 Å². The Morgan fingerprint density at radius 2 is 1.81 bits per heavy atom. The van der Waals surface area contributed by atoms with E-state index in [4.69, 9.17) is 9.47 Å². The molecule has 1 unspecified atom stereocenters. The van der Waals surface area contributed by atoms with Crippen LogP contribution in [0.15, 0.2) is 30.3 Å². The highest BCUT2D eigenvalue weighted by Gasteiger charge is 2.28. The normalized spacial score (nSPS) is 16.8. The Kier molecular flexibility index (Phi) is 7.03. The fraction of sp³-hybridized carbons (Fsp3) is 0.600. The maximum absolute atomic E-state index is 12.3. The first-order valence-electron chi connectivity index (χ1n) is 9.18. The van der Waals surface area contributed by atoms with Crippen LogP contribution in [0.25, 0.3) is 0 Å². The predicted octanol–water partition coefficient (Wildman–Crippen LogP) is 3.11. The van der Waals surface area contributed by atoms with Crippen LogP contribution in [0.4, 0.5) is 4.79 Å². The number of nitrogens with zero attached hydrogens (tertiary/aromatic N) is 1. The van der Waals surface area contributed by atoms with Crippen LogP contribution >= 0.6 is 0 Å². The van der Waals surface area contributed by atoms with E-state index in [1.165, 1.54) is 0 Å². The summed E-state index contributed by atoms with van der Waals surface area (Å²) in [6.07, 6.45) is 0.633. The van der Waals surface area contributed by atoms with E-state index < -0.39 is 11.7 Å². The van der Waals surface area contributed by atoms with Crippen LogP contribution in [0.5, 0.6) is 0 Å². The molecule has 0 spiro atoms. The molecule has 1 saturated heterocycles. The minimum absolute atomic E-state index is 0.0592. The van der Waals surface area contributed by atoms with Crippen molar-refractivity contribution in [1.29, 1.82) is 0 Å². The summed E-state index contributed by atoms with van der Waals surface area (Å²) in [5.41, 5.74) is 0.547. The molecule has 0 saturated carbocycles. The number of rotatable bonds is 5. The molecule has 1 aliphatic heterocycles. The first-order valence-corrected chi connectivity index (χ1v) is 9.18. The van der Waals surface area contributed by atoms with Gasteiger partial charge in [-0.3, -0.25) is 4.79 Å². The van der Waals surface area contributed by atoms with E-state index in [1.54, 1.807) is 11.8 Å². The van der Waals surface area contributed by atoms with Crippen molar-refractivity contribution in [3.8, 4) is 0 Å². The Labute approximate surface area is 155 Å². The van der Waals surface area contributed by atoms with Crippen LogP contribution in [0.1, 0.15) is 46.1 Å². The Hall–Kier alpha value is -2.08. The topological polar surface area (TPSA) is 67.9 Å². The maximum Gasteiger partial charge on any atom is 0.410 e. The highest BCUT2D eigenvalue weighted by molar-refractivity contribution is 5.80. The lowest BCUT2D eigenvalue weighted by atomic mass is 10.1. The number of benzene rings is 1.